The van der Waals surface area contributed by atoms with E-state index in [2.05, 4.69) is 9.97 Å². The topological polar surface area (TPSA) is 80.8 Å². The summed E-state index contributed by atoms with van der Waals surface area (Å²) in [4.78, 5) is 19.6. The van der Waals surface area contributed by atoms with Crippen molar-refractivity contribution >= 4 is 5.97 Å². The van der Waals surface area contributed by atoms with Gasteiger partial charge in [-0.05, 0) is 24.6 Å². The second kappa shape index (κ2) is 5.31. The number of carbonyl (C=O) groups excluding carboxylic acids is 1. The van der Waals surface area contributed by atoms with Crippen molar-refractivity contribution in [1.29, 1.82) is 5.26 Å². The Morgan fingerprint density at radius 1 is 1.53 bits per heavy atom. The lowest BCUT2D eigenvalue weighted by molar-refractivity contribution is 0.0588. The summed E-state index contributed by atoms with van der Waals surface area (Å²) < 4.78 is 6.45. The number of ether oxygens (including phenoxy) is 1. The van der Waals surface area contributed by atoms with Crippen LogP contribution in [0.1, 0.15) is 27.6 Å². The number of hydrogen-bond acceptors (Lipinski definition) is 5. The van der Waals surface area contributed by atoms with E-state index < -0.39 is 5.97 Å². The van der Waals surface area contributed by atoms with E-state index in [0.29, 0.717) is 23.8 Å². The van der Waals surface area contributed by atoms with Gasteiger partial charge < -0.3 is 9.30 Å². The van der Waals surface area contributed by atoms with Gasteiger partial charge in [0.2, 0.25) is 0 Å². The molecule has 19 heavy (non-hydrogen) atoms. The van der Waals surface area contributed by atoms with Crippen molar-refractivity contribution in [3.63, 3.8) is 0 Å². The molecule has 0 aliphatic rings. The van der Waals surface area contributed by atoms with E-state index in [4.69, 9.17) is 10.00 Å². The van der Waals surface area contributed by atoms with Crippen molar-refractivity contribution in [2.24, 2.45) is 0 Å². The molecule has 2 heterocycles. The molecule has 0 bridgehead atoms. The molecule has 6 heteroatoms. The zero-order valence-corrected chi connectivity index (χ0v) is 10.6. The van der Waals surface area contributed by atoms with Gasteiger partial charge in [-0.15, -0.1) is 0 Å². The Balaban J connectivity index is 2.35. The molecule has 0 aliphatic heterocycles. The van der Waals surface area contributed by atoms with Crippen LogP contribution in [0.3, 0.4) is 0 Å². The molecule has 0 aliphatic carbocycles. The predicted octanol–water partition coefficient (Wildman–Crippen LogP) is 1.29. The standard InChI is InChI=1S/C13H12N4O2/c1-9-16-7-12(13(18)19-2)17(9)8-10-3-4-15-11(5-10)6-14/h3-5,7H,8H2,1-2H3. The second-order valence-electron chi connectivity index (χ2n) is 3.93. The van der Waals surface area contributed by atoms with Crippen molar-refractivity contribution in [2.75, 3.05) is 7.11 Å². The van der Waals surface area contributed by atoms with Crippen LogP contribution in [0.2, 0.25) is 0 Å². The number of pyridine rings is 1. The minimum atomic E-state index is -0.435. The molecule has 2 aromatic rings. The molecular weight excluding hydrogens is 244 g/mol. The maximum absolute atomic E-state index is 11.6. The monoisotopic (exact) mass is 256 g/mol. The molecule has 0 N–H and O–H groups in total. The summed E-state index contributed by atoms with van der Waals surface area (Å²) in [6.07, 6.45) is 3.05. The van der Waals surface area contributed by atoms with Gasteiger partial charge in [-0.3, -0.25) is 0 Å². The van der Waals surface area contributed by atoms with Crippen LogP contribution in [0.4, 0.5) is 0 Å². The molecule has 0 atom stereocenters. The highest BCUT2D eigenvalue weighted by molar-refractivity contribution is 5.87. The second-order valence-corrected chi connectivity index (χ2v) is 3.93. The SMILES string of the molecule is COC(=O)c1cnc(C)n1Cc1ccnc(C#N)c1. The Hall–Kier alpha value is -2.68. The van der Waals surface area contributed by atoms with E-state index in [0.717, 1.165) is 5.56 Å². The Labute approximate surface area is 110 Å². The number of methoxy groups -OCH3 is 1. The highest BCUT2D eigenvalue weighted by atomic mass is 16.5. The molecule has 0 amide bonds. The van der Waals surface area contributed by atoms with Crippen LogP contribution >= 0.6 is 0 Å². The fourth-order valence-corrected chi connectivity index (χ4v) is 1.75. The van der Waals surface area contributed by atoms with Gasteiger partial charge in [0.15, 0.2) is 0 Å². The van der Waals surface area contributed by atoms with Gasteiger partial charge in [-0.2, -0.15) is 5.26 Å². The molecule has 2 rings (SSSR count). The molecule has 0 fully saturated rings. The lowest BCUT2D eigenvalue weighted by Crippen LogP contribution is -2.12. The summed E-state index contributed by atoms with van der Waals surface area (Å²) >= 11 is 0. The van der Waals surface area contributed by atoms with Gasteiger partial charge in [-0.25, -0.2) is 14.8 Å². The molecule has 0 aromatic carbocycles. The number of nitriles is 1. The van der Waals surface area contributed by atoms with Crippen molar-refractivity contribution in [3.8, 4) is 6.07 Å². The van der Waals surface area contributed by atoms with E-state index in [1.807, 2.05) is 6.07 Å². The predicted molar refractivity (Wildman–Crippen MR) is 66.4 cm³/mol. The van der Waals surface area contributed by atoms with Gasteiger partial charge in [-0.1, -0.05) is 0 Å². The molecule has 0 unspecified atom stereocenters. The van der Waals surface area contributed by atoms with E-state index in [1.54, 1.807) is 29.8 Å². The number of imidazole rings is 1. The van der Waals surface area contributed by atoms with Crippen molar-refractivity contribution in [1.82, 2.24) is 14.5 Å². The summed E-state index contributed by atoms with van der Waals surface area (Å²) in [6, 6.07) is 5.46. The van der Waals surface area contributed by atoms with Crippen LogP contribution in [-0.2, 0) is 11.3 Å². The van der Waals surface area contributed by atoms with Crippen molar-refractivity contribution in [3.05, 3.63) is 47.3 Å². The highest BCUT2D eigenvalue weighted by Crippen LogP contribution is 2.11. The minimum absolute atomic E-state index is 0.342. The Kier molecular flexibility index (Phi) is 3.57. The first kappa shape index (κ1) is 12.8. The van der Waals surface area contributed by atoms with Crippen molar-refractivity contribution < 1.29 is 9.53 Å². The van der Waals surface area contributed by atoms with Gasteiger partial charge >= 0.3 is 5.97 Å². The van der Waals surface area contributed by atoms with Gasteiger partial charge in [0.25, 0.3) is 0 Å². The molecule has 96 valence electrons. The van der Waals surface area contributed by atoms with Crippen LogP contribution in [-0.4, -0.2) is 27.6 Å². The molecule has 2 aromatic heterocycles. The molecule has 0 spiro atoms. The van der Waals surface area contributed by atoms with Gasteiger partial charge in [0, 0.05) is 12.7 Å². The average Bonchev–Trinajstić information content (AvgIpc) is 2.80. The lowest BCUT2D eigenvalue weighted by atomic mass is 10.2. The quantitative estimate of drug-likeness (QED) is 0.773. The van der Waals surface area contributed by atoms with E-state index in [-0.39, 0.29) is 0 Å². The van der Waals surface area contributed by atoms with Crippen LogP contribution in [0.25, 0.3) is 0 Å². The molecule has 0 radical (unpaired) electrons. The number of esters is 1. The first-order valence-corrected chi connectivity index (χ1v) is 5.61. The number of rotatable bonds is 3. The number of aromatic nitrogens is 3. The van der Waals surface area contributed by atoms with Crippen LogP contribution in [0.15, 0.2) is 24.5 Å². The first-order chi connectivity index (χ1) is 9.15. The maximum atomic E-state index is 11.6. The zero-order chi connectivity index (χ0) is 13.8. The van der Waals surface area contributed by atoms with Gasteiger partial charge in [0.05, 0.1) is 13.3 Å². The average molecular weight is 256 g/mol. The number of nitrogens with zero attached hydrogens (tertiary/aromatic N) is 4. The summed E-state index contributed by atoms with van der Waals surface area (Å²) in [7, 11) is 1.33. The Morgan fingerprint density at radius 2 is 2.32 bits per heavy atom. The van der Waals surface area contributed by atoms with E-state index in [1.165, 1.54) is 13.3 Å². The van der Waals surface area contributed by atoms with Crippen molar-refractivity contribution in [2.45, 2.75) is 13.5 Å². The third-order valence-electron chi connectivity index (χ3n) is 2.73. The third kappa shape index (κ3) is 2.60. The fourth-order valence-electron chi connectivity index (χ4n) is 1.75. The van der Waals surface area contributed by atoms with Gasteiger partial charge in [0.1, 0.15) is 23.3 Å². The number of aryl methyl sites for hydroxylation is 1. The summed E-state index contributed by atoms with van der Waals surface area (Å²) in [5, 5.41) is 8.82. The molecule has 0 saturated heterocycles. The first-order valence-electron chi connectivity index (χ1n) is 5.61. The van der Waals surface area contributed by atoms with Crippen LogP contribution in [0, 0.1) is 18.3 Å². The molecule has 0 saturated carbocycles. The zero-order valence-electron chi connectivity index (χ0n) is 10.6. The lowest BCUT2D eigenvalue weighted by Gasteiger charge is -2.09. The molecule has 6 nitrogen and oxygen atoms in total. The molecular formula is C13H12N4O2. The largest absolute Gasteiger partial charge is 0.464 e. The number of carbonyl (C=O) groups is 1. The summed E-state index contributed by atoms with van der Waals surface area (Å²) in [5.41, 5.74) is 1.60. The third-order valence-corrected chi connectivity index (χ3v) is 2.73. The smallest absolute Gasteiger partial charge is 0.356 e. The highest BCUT2D eigenvalue weighted by Gasteiger charge is 2.15. The Bertz CT molecular complexity index is 655. The van der Waals surface area contributed by atoms with E-state index >= 15 is 0 Å². The minimum Gasteiger partial charge on any atom is -0.464 e. The normalized spacial score (nSPS) is 9.95. The van der Waals surface area contributed by atoms with Crippen LogP contribution in [0.5, 0.6) is 0 Å². The Morgan fingerprint density at radius 3 is 3.00 bits per heavy atom. The number of hydrogen-bond donors (Lipinski definition) is 0. The maximum Gasteiger partial charge on any atom is 0.356 e. The van der Waals surface area contributed by atoms with E-state index in [9.17, 15) is 4.79 Å². The fraction of sp³-hybridized carbons (Fsp3) is 0.231. The summed E-state index contributed by atoms with van der Waals surface area (Å²) in [5.74, 6) is 0.269. The van der Waals surface area contributed by atoms with Crippen LogP contribution < -0.4 is 0 Å². The summed E-state index contributed by atoms with van der Waals surface area (Å²) in [6.45, 7) is 2.24.